The highest BCUT2D eigenvalue weighted by Crippen LogP contribution is 2.26. The molecule has 3 N–H and O–H groups in total. The number of hydrogen-bond donors (Lipinski definition) is 3. The first-order chi connectivity index (χ1) is 17.4. The highest BCUT2D eigenvalue weighted by Gasteiger charge is 2.27. The minimum absolute atomic E-state index is 0.0425. The van der Waals surface area contributed by atoms with Crippen molar-refractivity contribution < 1.29 is 18.3 Å². The van der Waals surface area contributed by atoms with Crippen molar-refractivity contribution in [1.29, 1.82) is 0 Å². The zero-order chi connectivity index (χ0) is 25.5. The number of aryl methyl sites for hydroxylation is 1. The molecule has 7 nitrogen and oxygen atoms in total. The molecule has 2 heterocycles. The van der Waals surface area contributed by atoms with Crippen molar-refractivity contribution in [2.24, 2.45) is 5.92 Å². The van der Waals surface area contributed by atoms with E-state index in [1.807, 2.05) is 17.7 Å². The number of ether oxygens (including phenoxy) is 1. The second kappa shape index (κ2) is 12.7. The number of carbonyl (C=O) groups excluding carboxylic acids is 1. The van der Waals surface area contributed by atoms with Gasteiger partial charge < -0.3 is 25.3 Å². The Bertz CT molecular complexity index is 1010. The molecule has 1 aliphatic heterocycles. The molecule has 1 aliphatic carbocycles. The van der Waals surface area contributed by atoms with Gasteiger partial charge in [0.25, 0.3) is 0 Å². The molecule has 36 heavy (non-hydrogen) atoms. The van der Waals surface area contributed by atoms with Gasteiger partial charge in [0, 0.05) is 44.1 Å². The van der Waals surface area contributed by atoms with E-state index in [1.165, 1.54) is 6.07 Å². The number of halogens is 2. The third-order valence-corrected chi connectivity index (χ3v) is 7.37. The maximum atomic E-state index is 14.3. The van der Waals surface area contributed by atoms with E-state index in [9.17, 15) is 13.6 Å². The summed E-state index contributed by atoms with van der Waals surface area (Å²) in [6, 6.07) is 2.11. The zero-order valence-electron chi connectivity index (χ0n) is 21.4. The molecule has 3 atom stereocenters. The highest BCUT2D eigenvalue weighted by molar-refractivity contribution is 5.94. The molecule has 1 fully saturated rings. The Morgan fingerprint density at radius 2 is 2.06 bits per heavy atom. The van der Waals surface area contributed by atoms with Crippen molar-refractivity contribution in [3.05, 3.63) is 47.4 Å². The van der Waals surface area contributed by atoms with E-state index in [4.69, 9.17) is 4.74 Å². The molecule has 1 aromatic heterocycles. The first-order valence-corrected chi connectivity index (χ1v) is 13.3. The quantitative estimate of drug-likeness (QED) is 0.432. The van der Waals surface area contributed by atoms with Crippen LogP contribution >= 0.6 is 0 Å². The first kappa shape index (κ1) is 26.7. The van der Waals surface area contributed by atoms with Gasteiger partial charge >= 0.3 is 0 Å². The summed E-state index contributed by atoms with van der Waals surface area (Å²) in [6.07, 6.45) is 9.09. The number of anilines is 1. The molecule has 1 amide bonds. The molecular formula is C27H39F2N5O2. The fourth-order valence-corrected chi connectivity index (χ4v) is 5.20. The fourth-order valence-electron chi connectivity index (χ4n) is 5.20. The minimum atomic E-state index is -0.537. The van der Waals surface area contributed by atoms with E-state index >= 15 is 0 Å². The summed E-state index contributed by atoms with van der Waals surface area (Å²) >= 11 is 0. The Labute approximate surface area is 212 Å². The minimum Gasteiger partial charge on any atom is -0.381 e. The van der Waals surface area contributed by atoms with Gasteiger partial charge in [0.2, 0.25) is 5.91 Å². The Hall–Kier alpha value is -2.36. The summed E-state index contributed by atoms with van der Waals surface area (Å²) in [7, 11) is 0. The Morgan fingerprint density at radius 3 is 2.83 bits per heavy atom. The average molecular weight is 504 g/mol. The number of imidazole rings is 1. The molecule has 9 heteroatoms. The van der Waals surface area contributed by atoms with E-state index in [1.54, 1.807) is 6.33 Å². The second-order valence-electron chi connectivity index (χ2n) is 10.2. The van der Waals surface area contributed by atoms with Crippen LogP contribution in [0.4, 0.5) is 14.6 Å². The van der Waals surface area contributed by atoms with E-state index < -0.39 is 17.7 Å². The lowest BCUT2D eigenvalue weighted by Crippen LogP contribution is -2.48. The van der Waals surface area contributed by atoms with E-state index in [-0.39, 0.29) is 18.0 Å². The SMILES string of the molecule is CCC[C@H](N[C@H]1CCc2cc(F)cc(F)c2C1)C(=O)Nc1cn(C(C)CNCC2CCOCC2)cn1. The number of nitrogens with zero attached hydrogens (tertiary/aromatic N) is 2. The standard InChI is InChI=1S/C27H39F2N5O2/c1-3-4-25(32-22-6-5-20-11-21(28)12-24(29)23(20)13-22)27(35)33-26-16-34(17-31-26)18(2)14-30-15-19-7-9-36-10-8-19/h11-12,16-19,22,25,30,32H,3-10,13-15H2,1-2H3,(H,33,35)/t18?,22-,25-/m0/s1. The maximum absolute atomic E-state index is 14.3. The van der Waals surface area contributed by atoms with Crippen molar-refractivity contribution in [3.8, 4) is 0 Å². The van der Waals surface area contributed by atoms with Crippen LogP contribution in [0.15, 0.2) is 24.7 Å². The van der Waals surface area contributed by atoms with Gasteiger partial charge in [-0.3, -0.25) is 4.79 Å². The number of rotatable bonds is 11. The molecule has 1 aromatic carbocycles. The van der Waals surface area contributed by atoms with Crippen molar-refractivity contribution >= 4 is 11.7 Å². The van der Waals surface area contributed by atoms with Crippen LogP contribution < -0.4 is 16.0 Å². The van der Waals surface area contributed by atoms with Gasteiger partial charge in [0.15, 0.2) is 5.82 Å². The van der Waals surface area contributed by atoms with Crippen LogP contribution in [-0.4, -0.2) is 53.8 Å². The van der Waals surface area contributed by atoms with Crippen LogP contribution in [0.2, 0.25) is 0 Å². The molecule has 0 spiro atoms. The molecule has 4 rings (SSSR count). The van der Waals surface area contributed by atoms with Crippen molar-refractivity contribution in [3.63, 3.8) is 0 Å². The van der Waals surface area contributed by atoms with Gasteiger partial charge in [-0.15, -0.1) is 0 Å². The lowest BCUT2D eigenvalue weighted by Gasteiger charge is -2.29. The normalized spacial score (nSPS) is 20.1. The molecular weight excluding hydrogens is 464 g/mol. The van der Waals surface area contributed by atoms with Gasteiger partial charge in [-0.25, -0.2) is 13.8 Å². The number of carbonyl (C=O) groups is 1. The van der Waals surface area contributed by atoms with E-state index in [2.05, 4.69) is 27.9 Å². The largest absolute Gasteiger partial charge is 0.381 e. The number of nitrogens with one attached hydrogen (secondary N) is 3. The number of benzene rings is 1. The average Bonchev–Trinajstić information content (AvgIpc) is 3.33. The van der Waals surface area contributed by atoms with Crippen molar-refractivity contribution in [2.75, 3.05) is 31.6 Å². The summed E-state index contributed by atoms with van der Waals surface area (Å²) in [5.41, 5.74) is 1.28. The zero-order valence-corrected chi connectivity index (χ0v) is 21.4. The summed E-state index contributed by atoms with van der Waals surface area (Å²) in [5.74, 6) is 0.00834. The van der Waals surface area contributed by atoms with E-state index in [0.717, 1.165) is 63.6 Å². The third-order valence-electron chi connectivity index (χ3n) is 7.37. The summed E-state index contributed by atoms with van der Waals surface area (Å²) in [6.45, 7) is 7.67. The summed E-state index contributed by atoms with van der Waals surface area (Å²) in [5, 5.41) is 9.92. The van der Waals surface area contributed by atoms with Crippen molar-refractivity contribution in [1.82, 2.24) is 20.2 Å². The molecule has 1 unspecified atom stereocenters. The third kappa shape index (κ3) is 7.11. The number of hydrogen-bond acceptors (Lipinski definition) is 5. The maximum Gasteiger partial charge on any atom is 0.242 e. The molecule has 198 valence electrons. The predicted octanol–water partition coefficient (Wildman–Crippen LogP) is 3.99. The topological polar surface area (TPSA) is 80.2 Å². The highest BCUT2D eigenvalue weighted by atomic mass is 19.1. The first-order valence-electron chi connectivity index (χ1n) is 13.3. The fraction of sp³-hybridized carbons (Fsp3) is 0.630. The molecule has 2 aliphatic rings. The summed E-state index contributed by atoms with van der Waals surface area (Å²) in [4.78, 5) is 17.5. The smallest absolute Gasteiger partial charge is 0.242 e. The van der Waals surface area contributed by atoms with Crippen LogP contribution in [0, 0.1) is 17.6 Å². The van der Waals surface area contributed by atoms with Crippen LogP contribution in [-0.2, 0) is 22.4 Å². The van der Waals surface area contributed by atoms with Crippen LogP contribution in [0.3, 0.4) is 0 Å². The summed E-state index contributed by atoms with van der Waals surface area (Å²) < 4.78 is 35.3. The molecule has 0 radical (unpaired) electrons. The van der Waals surface area contributed by atoms with Gasteiger partial charge in [-0.05, 0) is 75.1 Å². The van der Waals surface area contributed by atoms with Gasteiger partial charge in [0.1, 0.15) is 11.6 Å². The van der Waals surface area contributed by atoms with Crippen molar-refractivity contribution in [2.45, 2.75) is 76.9 Å². The lowest BCUT2D eigenvalue weighted by molar-refractivity contribution is -0.118. The molecule has 1 saturated heterocycles. The number of amides is 1. The second-order valence-corrected chi connectivity index (χ2v) is 10.2. The van der Waals surface area contributed by atoms with Crippen LogP contribution in [0.25, 0.3) is 0 Å². The molecule has 0 saturated carbocycles. The van der Waals surface area contributed by atoms with Gasteiger partial charge in [0.05, 0.1) is 12.4 Å². The lowest BCUT2D eigenvalue weighted by atomic mass is 9.87. The van der Waals surface area contributed by atoms with E-state index in [0.29, 0.717) is 36.6 Å². The Morgan fingerprint density at radius 1 is 1.25 bits per heavy atom. The predicted molar refractivity (Wildman–Crippen MR) is 136 cm³/mol. The van der Waals surface area contributed by atoms with Gasteiger partial charge in [-0.2, -0.15) is 0 Å². The molecule has 2 aromatic rings. The number of fused-ring (bicyclic) bond motifs is 1. The Balaban J connectivity index is 1.28. The van der Waals surface area contributed by atoms with Crippen LogP contribution in [0.1, 0.15) is 63.1 Å². The van der Waals surface area contributed by atoms with Gasteiger partial charge in [-0.1, -0.05) is 13.3 Å². The van der Waals surface area contributed by atoms with Crippen LogP contribution in [0.5, 0.6) is 0 Å². The Kier molecular flexibility index (Phi) is 9.45. The number of aromatic nitrogens is 2. The monoisotopic (exact) mass is 503 g/mol. The molecule has 0 bridgehead atoms.